The molecule has 0 aliphatic carbocycles. The maximum Gasteiger partial charge on any atom is 0.322 e. The number of amides is 2. The number of hydrogen-bond acceptors (Lipinski definition) is 1. The zero-order chi connectivity index (χ0) is 22.4. The second-order valence-electron chi connectivity index (χ2n) is 8.35. The van der Waals surface area contributed by atoms with Gasteiger partial charge in [0.1, 0.15) is 0 Å². The smallest absolute Gasteiger partial charge is 0.322 e. The Balaban J connectivity index is 1.59. The molecule has 0 saturated carbocycles. The van der Waals surface area contributed by atoms with E-state index < -0.39 is 0 Å². The van der Waals surface area contributed by atoms with Crippen LogP contribution in [0.1, 0.15) is 34.0 Å². The summed E-state index contributed by atoms with van der Waals surface area (Å²) in [5.41, 5.74) is 7.22. The molecule has 0 radical (unpaired) electrons. The van der Waals surface area contributed by atoms with Crippen molar-refractivity contribution in [2.75, 3.05) is 11.9 Å². The number of aromatic amines is 1. The topological polar surface area (TPSA) is 48.1 Å². The van der Waals surface area contributed by atoms with Gasteiger partial charge in [-0.25, -0.2) is 4.79 Å². The van der Waals surface area contributed by atoms with E-state index in [-0.39, 0.29) is 12.1 Å². The van der Waals surface area contributed by atoms with Gasteiger partial charge in [-0.2, -0.15) is 0 Å². The first-order chi connectivity index (χ1) is 15.4. The molecule has 0 fully saturated rings. The lowest BCUT2D eigenvalue weighted by molar-refractivity contribution is 0.193. The highest BCUT2D eigenvalue weighted by Gasteiger charge is 2.34. The quantitative estimate of drug-likeness (QED) is 0.322. The summed E-state index contributed by atoms with van der Waals surface area (Å²) in [6.07, 6.45) is 0.750. The third kappa shape index (κ3) is 3.74. The fourth-order valence-corrected chi connectivity index (χ4v) is 4.83. The number of nitrogens with one attached hydrogen (secondary N) is 2. The normalized spacial score (nSPS) is 15.6. The van der Waals surface area contributed by atoms with Gasteiger partial charge in [0.05, 0.1) is 6.04 Å². The highest BCUT2D eigenvalue weighted by Crippen LogP contribution is 2.39. The summed E-state index contributed by atoms with van der Waals surface area (Å²) in [4.78, 5) is 19.0. The van der Waals surface area contributed by atoms with Crippen molar-refractivity contribution in [1.82, 2.24) is 9.88 Å². The largest absolute Gasteiger partial charge is 0.356 e. The van der Waals surface area contributed by atoms with E-state index in [2.05, 4.69) is 41.5 Å². The molecular weight excluding hydrogens is 441 g/mol. The molecule has 32 heavy (non-hydrogen) atoms. The Morgan fingerprint density at radius 3 is 2.50 bits per heavy atom. The molecule has 2 amide bonds. The molecule has 1 aromatic heterocycles. The number of aryl methyl sites for hydroxylation is 2. The third-order valence-corrected chi connectivity index (χ3v) is 6.65. The van der Waals surface area contributed by atoms with Crippen molar-refractivity contribution in [3.63, 3.8) is 0 Å². The van der Waals surface area contributed by atoms with Crippen molar-refractivity contribution in [3.8, 4) is 0 Å². The molecule has 4 nitrogen and oxygen atoms in total. The number of halogens is 2. The summed E-state index contributed by atoms with van der Waals surface area (Å²) in [5, 5.41) is 5.50. The van der Waals surface area contributed by atoms with Gasteiger partial charge in [0.2, 0.25) is 0 Å². The maximum absolute atomic E-state index is 13.5. The Morgan fingerprint density at radius 1 is 1.00 bits per heavy atom. The van der Waals surface area contributed by atoms with E-state index in [1.807, 2.05) is 42.2 Å². The number of H-pyrrole nitrogens is 1. The highest BCUT2D eigenvalue weighted by molar-refractivity contribution is 6.31. The molecule has 162 valence electrons. The van der Waals surface area contributed by atoms with Crippen molar-refractivity contribution in [1.29, 1.82) is 0 Å². The Morgan fingerprint density at radius 2 is 1.72 bits per heavy atom. The Kier molecular flexibility index (Phi) is 5.36. The minimum absolute atomic E-state index is 0.150. The van der Waals surface area contributed by atoms with Crippen LogP contribution in [0.15, 0.2) is 60.7 Å². The van der Waals surface area contributed by atoms with Gasteiger partial charge in [0, 0.05) is 38.9 Å². The minimum atomic E-state index is -0.231. The van der Waals surface area contributed by atoms with Gasteiger partial charge in [0.15, 0.2) is 0 Å². The molecule has 3 aromatic carbocycles. The molecular formula is C26H23Cl2N3O. The van der Waals surface area contributed by atoms with Crippen molar-refractivity contribution >= 4 is 45.8 Å². The average molecular weight is 464 g/mol. The van der Waals surface area contributed by atoms with Crippen LogP contribution < -0.4 is 5.32 Å². The van der Waals surface area contributed by atoms with Crippen LogP contribution in [0.3, 0.4) is 0 Å². The van der Waals surface area contributed by atoms with E-state index in [1.165, 1.54) is 11.1 Å². The molecule has 0 bridgehead atoms. The molecule has 1 aliphatic heterocycles. The van der Waals surface area contributed by atoms with Gasteiger partial charge < -0.3 is 15.2 Å². The molecule has 2 N–H and O–H groups in total. The number of aromatic nitrogens is 1. The molecule has 5 rings (SSSR count). The Labute approximate surface area is 197 Å². The summed E-state index contributed by atoms with van der Waals surface area (Å²) in [5.74, 6) is 0. The molecule has 1 atom stereocenters. The molecule has 0 saturated heterocycles. The third-order valence-electron chi connectivity index (χ3n) is 6.18. The number of rotatable bonds is 2. The highest BCUT2D eigenvalue weighted by atomic mass is 35.5. The van der Waals surface area contributed by atoms with Crippen LogP contribution in [0.2, 0.25) is 10.0 Å². The van der Waals surface area contributed by atoms with E-state index in [1.54, 1.807) is 6.07 Å². The first-order valence-electron chi connectivity index (χ1n) is 10.6. The molecule has 0 unspecified atom stereocenters. The predicted octanol–water partition coefficient (Wildman–Crippen LogP) is 7.27. The van der Waals surface area contributed by atoms with Crippen molar-refractivity contribution in [3.05, 3.63) is 98.7 Å². The van der Waals surface area contributed by atoms with Crippen LogP contribution in [-0.2, 0) is 6.42 Å². The molecule has 0 spiro atoms. The number of nitrogens with zero attached hydrogens (tertiary/aromatic N) is 1. The van der Waals surface area contributed by atoms with Gasteiger partial charge in [0.25, 0.3) is 0 Å². The van der Waals surface area contributed by atoms with Gasteiger partial charge in [-0.3, -0.25) is 0 Å². The van der Waals surface area contributed by atoms with Crippen molar-refractivity contribution in [2.45, 2.75) is 26.3 Å². The lowest BCUT2D eigenvalue weighted by Gasteiger charge is -2.36. The number of fused-ring (bicyclic) bond motifs is 3. The monoisotopic (exact) mass is 463 g/mol. The van der Waals surface area contributed by atoms with E-state index >= 15 is 0 Å². The standard InChI is InChI=1S/C26H23Cl2N3O/c1-15-3-6-17(7-4-15)25-24-20(21-13-18(27)9-10-22(21)29-24)11-12-31(25)26(32)30-23-14-19(28)8-5-16(23)2/h3-10,13-14,25,29H,11-12H2,1-2H3,(H,30,32)/t25-/m0/s1. The maximum atomic E-state index is 13.5. The van der Waals surface area contributed by atoms with Crippen LogP contribution in [0.5, 0.6) is 0 Å². The second-order valence-corrected chi connectivity index (χ2v) is 9.23. The van der Waals surface area contributed by atoms with Crippen LogP contribution in [0, 0.1) is 13.8 Å². The lowest BCUT2D eigenvalue weighted by atomic mass is 9.92. The zero-order valence-corrected chi connectivity index (χ0v) is 19.4. The fraction of sp³-hybridized carbons (Fsp3) is 0.192. The number of carbonyl (C=O) groups is 1. The van der Waals surface area contributed by atoms with Crippen LogP contribution in [0.4, 0.5) is 10.5 Å². The molecule has 1 aliphatic rings. The summed E-state index contributed by atoms with van der Waals surface area (Å²) in [6, 6.07) is 19.4. The van der Waals surface area contributed by atoms with Crippen LogP contribution in [0.25, 0.3) is 10.9 Å². The van der Waals surface area contributed by atoms with Gasteiger partial charge in [-0.05, 0) is 67.3 Å². The van der Waals surface area contributed by atoms with E-state index in [4.69, 9.17) is 23.2 Å². The van der Waals surface area contributed by atoms with Gasteiger partial charge >= 0.3 is 6.03 Å². The predicted molar refractivity (Wildman–Crippen MR) is 132 cm³/mol. The first-order valence-corrected chi connectivity index (χ1v) is 11.4. The summed E-state index contributed by atoms with van der Waals surface area (Å²) >= 11 is 12.5. The van der Waals surface area contributed by atoms with Crippen molar-refractivity contribution in [2.24, 2.45) is 0 Å². The van der Waals surface area contributed by atoms with E-state index in [0.717, 1.165) is 39.8 Å². The van der Waals surface area contributed by atoms with Crippen molar-refractivity contribution < 1.29 is 4.79 Å². The second kappa shape index (κ2) is 8.19. The Hall–Kier alpha value is -2.95. The number of carbonyl (C=O) groups excluding carboxylic acids is 1. The van der Waals surface area contributed by atoms with E-state index in [9.17, 15) is 4.79 Å². The zero-order valence-electron chi connectivity index (χ0n) is 17.9. The van der Waals surface area contributed by atoms with Crippen LogP contribution in [-0.4, -0.2) is 22.5 Å². The summed E-state index contributed by atoms with van der Waals surface area (Å²) in [6.45, 7) is 4.61. The number of anilines is 1. The molecule has 4 aromatic rings. The Bertz CT molecular complexity index is 1330. The molecule has 6 heteroatoms. The summed E-state index contributed by atoms with van der Waals surface area (Å²) in [7, 11) is 0. The van der Waals surface area contributed by atoms with E-state index in [0.29, 0.717) is 16.6 Å². The SMILES string of the molecule is Cc1ccc([C@H]2c3[nH]c4ccc(Cl)cc4c3CCN2C(=O)Nc2cc(Cl)ccc2C)cc1. The number of benzene rings is 3. The first kappa shape index (κ1) is 20.9. The number of hydrogen-bond donors (Lipinski definition) is 2. The fourth-order valence-electron chi connectivity index (χ4n) is 4.49. The summed E-state index contributed by atoms with van der Waals surface area (Å²) < 4.78 is 0. The van der Waals surface area contributed by atoms with Gasteiger partial charge in [-0.1, -0.05) is 59.1 Å². The minimum Gasteiger partial charge on any atom is -0.356 e. The van der Waals surface area contributed by atoms with Gasteiger partial charge in [-0.15, -0.1) is 0 Å². The lowest BCUT2D eigenvalue weighted by Crippen LogP contribution is -2.43. The van der Waals surface area contributed by atoms with Crippen LogP contribution >= 0.6 is 23.2 Å². The number of urea groups is 1. The average Bonchev–Trinajstić information content (AvgIpc) is 3.14. The molecule has 2 heterocycles.